The number of para-hydroxylation sites is 1. The number of thioether (sulfide) groups is 1. The minimum absolute atomic E-state index is 0.303. The van der Waals surface area contributed by atoms with E-state index in [-0.39, 0.29) is 0 Å². The second-order valence-corrected chi connectivity index (χ2v) is 5.25. The van der Waals surface area contributed by atoms with Gasteiger partial charge in [-0.05, 0) is 25.1 Å². The standard InChI is InChI=1S/C12H15F3N2S/c13-12(14,15)8-18-11-4-2-1-3-10(11)17-9-5-6-16-7-9/h1-4,9,16-17H,5-8H2. The second-order valence-electron chi connectivity index (χ2n) is 4.23. The fourth-order valence-electron chi connectivity index (χ4n) is 1.87. The maximum atomic E-state index is 12.2. The number of benzene rings is 1. The molecule has 1 aromatic rings. The van der Waals surface area contributed by atoms with Crippen LogP contribution in [0.15, 0.2) is 29.2 Å². The molecule has 1 fully saturated rings. The molecule has 6 heteroatoms. The number of hydrogen-bond acceptors (Lipinski definition) is 3. The Bertz CT molecular complexity index is 389. The average Bonchev–Trinajstić information content (AvgIpc) is 2.80. The van der Waals surface area contributed by atoms with Gasteiger partial charge in [0, 0.05) is 23.2 Å². The van der Waals surface area contributed by atoms with E-state index < -0.39 is 11.9 Å². The Morgan fingerprint density at radius 2 is 2.11 bits per heavy atom. The van der Waals surface area contributed by atoms with E-state index in [1.807, 2.05) is 12.1 Å². The van der Waals surface area contributed by atoms with Crippen LogP contribution in [0.3, 0.4) is 0 Å². The van der Waals surface area contributed by atoms with Gasteiger partial charge in [-0.25, -0.2) is 0 Å². The summed E-state index contributed by atoms with van der Waals surface area (Å²) in [4.78, 5) is 0.654. The minimum atomic E-state index is -4.13. The van der Waals surface area contributed by atoms with E-state index in [0.29, 0.717) is 10.9 Å². The van der Waals surface area contributed by atoms with Gasteiger partial charge in [-0.2, -0.15) is 13.2 Å². The van der Waals surface area contributed by atoms with E-state index in [4.69, 9.17) is 0 Å². The van der Waals surface area contributed by atoms with Gasteiger partial charge in [0.2, 0.25) is 0 Å². The van der Waals surface area contributed by atoms with Crippen LogP contribution >= 0.6 is 11.8 Å². The highest BCUT2D eigenvalue weighted by molar-refractivity contribution is 7.99. The Morgan fingerprint density at radius 1 is 1.33 bits per heavy atom. The fourth-order valence-corrected chi connectivity index (χ4v) is 2.65. The number of alkyl halides is 3. The van der Waals surface area contributed by atoms with E-state index >= 15 is 0 Å². The zero-order chi connectivity index (χ0) is 13.0. The molecule has 1 saturated heterocycles. The van der Waals surface area contributed by atoms with E-state index in [9.17, 15) is 13.2 Å². The van der Waals surface area contributed by atoms with Gasteiger partial charge in [-0.1, -0.05) is 12.1 Å². The first kappa shape index (κ1) is 13.5. The summed E-state index contributed by atoms with van der Waals surface area (Å²) in [7, 11) is 0. The molecule has 1 heterocycles. The summed E-state index contributed by atoms with van der Waals surface area (Å²) < 4.78 is 36.7. The molecule has 0 aromatic heterocycles. The summed E-state index contributed by atoms with van der Waals surface area (Å²) >= 11 is 0.829. The van der Waals surface area contributed by atoms with Crippen LogP contribution in [0.1, 0.15) is 6.42 Å². The molecule has 0 radical (unpaired) electrons. The molecule has 0 aliphatic carbocycles. The Morgan fingerprint density at radius 3 is 2.78 bits per heavy atom. The summed E-state index contributed by atoms with van der Waals surface area (Å²) in [5, 5.41) is 6.51. The molecule has 1 unspecified atom stereocenters. The van der Waals surface area contributed by atoms with E-state index in [0.717, 1.165) is 37.0 Å². The average molecular weight is 276 g/mol. The van der Waals surface area contributed by atoms with Gasteiger partial charge in [-0.3, -0.25) is 0 Å². The van der Waals surface area contributed by atoms with E-state index in [1.165, 1.54) is 0 Å². The Labute approximate surface area is 108 Å². The van der Waals surface area contributed by atoms with Crippen LogP contribution in [0.4, 0.5) is 18.9 Å². The lowest BCUT2D eigenvalue weighted by Gasteiger charge is -2.16. The Kier molecular flexibility index (Phi) is 4.40. The first-order chi connectivity index (χ1) is 8.54. The van der Waals surface area contributed by atoms with Crippen LogP contribution < -0.4 is 10.6 Å². The largest absolute Gasteiger partial charge is 0.398 e. The Balaban J connectivity index is 2.00. The van der Waals surface area contributed by atoms with Crippen molar-refractivity contribution in [1.29, 1.82) is 0 Å². The predicted octanol–water partition coefficient (Wildman–Crippen LogP) is 3.11. The number of anilines is 1. The number of nitrogens with one attached hydrogen (secondary N) is 2. The zero-order valence-electron chi connectivity index (χ0n) is 9.76. The van der Waals surface area contributed by atoms with Crippen molar-refractivity contribution in [1.82, 2.24) is 5.32 Å². The summed E-state index contributed by atoms with van der Waals surface area (Å²) in [6.45, 7) is 1.81. The monoisotopic (exact) mass is 276 g/mol. The van der Waals surface area contributed by atoms with Gasteiger partial charge in [0.1, 0.15) is 0 Å². The van der Waals surface area contributed by atoms with Crippen molar-refractivity contribution in [3.63, 3.8) is 0 Å². The first-order valence-electron chi connectivity index (χ1n) is 5.80. The highest BCUT2D eigenvalue weighted by Crippen LogP contribution is 2.32. The van der Waals surface area contributed by atoms with Crippen LogP contribution in [-0.2, 0) is 0 Å². The van der Waals surface area contributed by atoms with Crippen molar-refractivity contribution in [3.05, 3.63) is 24.3 Å². The topological polar surface area (TPSA) is 24.1 Å². The molecule has 0 amide bonds. The lowest BCUT2D eigenvalue weighted by Crippen LogP contribution is -2.22. The minimum Gasteiger partial charge on any atom is -0.380 e. The molecule has 2 nitrogen and oxygen atoms in total. The zero-order valence-corrected chi connectivity index (χ0v) is 10.6. The normalized spacial score (nSPS) is 20.1. The van der Waals surface area contributed by atoms with Crippen LogP contribution in [0.2, 0.25) is 0 Å². The predicted molar refractivity (Wildman–Crippen MR) is 68.1 cm³/mol. The highest BCUT2D eigenvalue weighted by Gasteiger charge is 2.27. The van der Waals surface area contributed by atoms with Crippen LogP contribution in [0, 0.1) is 0 Å². The van der Waals surface area contributed by atoms with E-state index in [2.05, 4.69) is 10.6 Å². The van der Waals surface area contributed by atoms with Gasteiger partial charge in [0.05, 0.1) is 5.75 Å². The molecule has 18 heavy (non-hydrogen) atoms. The molecule has 1 atom stereocenters. The van der Waals surface area contributed by atoms with Gasteiger partial charge in [-0.15, -0.1) is 11.8 Å². The molecule has 1 aromatic carbocycles. The van der Waals surface area contributed by atoms with Crippen molar-refractivity contribution in [3.8, 4) is 0 Å². The molecule has 2 N–H and O–H groups in total. The summed E-state index contributed by atoms with van der Waals surface area (Å²) in [5.74, 6) is -0.853. The van der Waals surface area contributed by atoms with Crippen molar-refractivity contribution < 1.29 is 13.2 Å². The van der Waals surface area contributed by atoms with Crippen molar-refractivity contribution >= 4 is 17.4 Å². The molecule has 0 saturated carbocycles. The quantitative estimate of drug-likeness (QED) is 0.826. The highest BCUT2D eigenvalue weighted by atomic mass is 32.2. The molecule has 2 rings (SSSR count). The van der Waals surface area contributed by atoms with Gasteiger partial charge < -0.3 is 10.6 Å². The lowest BCUT2D eigenvalue weighted by atomic mass is 10.2. The van der Waals surface area contributed by atoms with Crippen LogP contribution in [-0.4, -0.2) is 31.1 Å². The van der Waals surface area contributed by atoms with Crippen molar-refractivity contribution in [2.45, 2.75) is 23.5 Å². The maximum absolute atomic E-state index is 12.2. The number of rotatable bonds is 4. The first-order valence-corrected chi connectivity index (χ1v) is 6.79. The van der Waals surface area contributed by atoms with Crippen molar-refractivity contribution in [2.24, 2.45) is 0 Å². The summed E-state index contributed by atoms with van der Waals surface area (Å²) in [6.07, 6.45) is -3.13. The molecule has 0 bridgehead atoms. The smallest absolute Gasteiger partial charge is 0.380 e. The van der Waals surface area contributed by atoms with Crippen LogP contribution in [0.5, 0.6) is 0 Å². The number of halogens is 3. The lowest BCUT2D eigenvalue weighted by molar-refractivity contribution is -0.105. The fraction of sp³-hybridized carbons (Fsp3) is 0.500. The molecule has 1 aliphatic rings. The van der Waals surface area contributed by atoms with Crippen molar-refractivity contribution in [2.75, 3.05) is 24.2 Å². The molecule has 0 spiro atoms. The molecular weight excluding hydrogens is 261 g/mol. The third-order valence-corrected chi connectivity index (χ3v) is 3.84. The number of hydrogen-bond donors (Lipinski definition) is 2. The molecule has 100 valence electrons. The Hall–Kier alpha value is -0.880. The van der Waals surface area contributed by atoms with Gasteiger partial charge >= 0.3 is 6.18 Å². The van der Waals surface area contributed by atoms with Crippen LogP contribution in [0.25, 0.3) is 0 Å². The third-order valence-electron chi connectivity index (χ3n) is 2.70. The van der Waals surface area contributed by atoms with E-state index in [1.54, 1.807) is 12.1 Å². The summed E-state index contributed by atoms with van der Waals surface area (Å²) in [6, 6.07) is 7.45. The maximum Gasteiger partial charge on any atom is 0.398 e. The second kappa shape index (κ2) is 5.84. The molecule has 1 aliphatic heterocycles. The van der Waals surface area contributed by atoms with Gasteiger partial charge in [0.25, 0.3) is 0 Å². The SMILES string of the molecule is FC(F)(F)CSc1ccccc1NC1CCNC1. The molecular formula is C12H15F3N2S. The third kappa shape index (κ3) is 4.10. The summed E-state index contributed by atoms with van der Waals surface area (Å²) in [5.41, 5.74) is 0.792. The van der Waals surface area contributed by atoms with Gasteiger partial charge in [0.15, 0.2) is 0 Å².